The predicted octanol–water partition coefficient (Wildman–Crippen LogP) is 3.70. The number of likely N-dealkylation sites (tertiary alicyclic amines) is 1. The first-order valence-corrected chi connectivity index (χ1v) is 18.2. The Morgan fingerprint density at radius 1 is 1.02 bits per heavy atom. The number of hydrogen-bond acceptors (Lipinski definition) is 7. The molecule has 0 aromatic heterocycles. The molecule has 1 aliphatic carbocycles. The highest BCUT2D eigenvalue weighted by Gasteiger charge is 2.42. The van der Waals surface area contributed by atoms with Crippen molar-refractivity contribution in [3.63, 3.8) is 0 Å². The van der Waals surface area contributed by atoms with Crippen molar-refractivity contribution < 1.29 is 19.5 Å². The molecule has 2 saturated heterocycles. The molecule has 10 heteroatoms. The van der Waals surface area contributed by atoms with Crippen LogP contribution in [0.4, 0.5) is 0 Å². The van der Waals surface area contributed by atoms with Crippen molar-refractivity contribution in [2.45, 2.75) is 127 Å². The van der Waals surface area contributed by atoms with E-state index >= 15 is 0 Å². The Bertz CT molecular complexity index is 1110. The lowest BCUT2D eigenvalue weighted by atomic mass is 9.72. The van der Waals surface area contributed by atoms with Crippen molar-refractivity contribution in [3.8, 4) is 0 Å². The van der Waals surface area contributed by atoms with Gasteiger partial charge in [-0.2, -0.15) is 0 Å². The zero-order valence-corrected chi connectivity index (χ0v) is 28.8. The number of piperidine rings is 1. The number of β-amino-alcohol motifs (C(OH)–C–C–N with tert-alkyl or cyclic N) is 1. The second-order valence-corrected chi connectivity index (χ2v) is 15.7. The molecular weight excluding hydrogens is 586 g/mol. The molecule has 1 aromatic carbocycles. The number of amides is 3. The van der Waals surface area contributed by atoms with Gasteiger partial charge in [0.2, 0.25) is 17.7 Å². The van der Waals surface area contributed by atoms with Crippen LogP contribution < -0.4 is 21.3 Å². The van der Waals surface area contributed by atoms with E-state index in [1.54, 1.807) is 11.8 Å². The Morgan fingerprint density at radius 3 is 2.38 bits per heavy atom. The van der Waals surface area contributed by atoms with Crippen LogP contribution in [0.1, 0.15) is 86.0 Å². The molecule has 3 aliphatic rings. The van der Waals surface area contributed by atoms with Crippen molar-refractivity contribution in [3.05, 3.63) is 30.3 Å². The molecule has 2 heterocycles. The zero-order valence-electron chi connectivity index (χ0n) is 28.0. The largest absolute Gasteiger partial charge is 0.390 e. The molecule has 0 bridgehead atoms. The van der Waals surface area contributed by atoms with E-state index in [2.05, 4.69) is 26.2 Å². The van der Waals surface area contributed by atoms with E-state index in [0.29, 0.717) is 17.6 Å². The Labute approximate surface area is 274 Å². The summed E-state index contributed by atoms with van der Waals surface area (Å²) in [5.74, 6) is 1.02. The van der Waals surface area contributed by atoms with Crippen LogP contribution in [0.2, 0.25) is 0 Å². The minimum atomic E-state index is -0.903. The van der Waals surface area contributed by atoms with Crippen molar-refractivity contribution in [2.75, 3.05) is 25.4 Å². The van der Waals surface area contributed by atoms with Gasteiger partial charge in [-0.25, -0.2) is 0 Å². The molecule has 2 aliphatic heterocycles. The molecule has 0 radical (unpaired) electrons. The predicted molar refractivity (Wildman–Crippen MR) is 181 cm³/mol. The Balaban J connectivity index is 1.52. The molecule has 9 nitrogen and oxygen atoms in total. The second kappa shape index (κ2) is 16.6. The molecule has 4 rings (SSSR count). The summed E-state index contributed by atoms with van der Waals surface area (Å²) in [5, 5.41) is 24.4. The van der Waals surface area contributed by atoms with Crippen LogP contribution in [-0.4, -0.2) is 88.9 Å². The van der Waals surface area contributed by atoms with Crippen molar-refractivity contribution >= 4 is 29.5 Å². The minimum Gasteiger partial charge on any atom is -0.390 e. The topological polar surface area (TPSA) is 123 Å². The van der Waals surface area contributed by atoms with Crippen molar-refractivity contribution in [2.24, 2.45) is 17.8 Å². The number of carbonyl (C=O) groups excluding carboxylic acids is 3. The lowest BCUT2D eigenvalue weighted by Gasteiger charge is -2.47. The van der Waals surface area contributed by atoms with Crippen LogP contribution in [0.5, 0.6) is 0 Å². The molecule has 3 amide bonds. The van der Waals surface area contributed by atoms with E-state index in [4.69, 9.17) is 0 Å². The van der Waals surface area contributed by atoms with E-state index in [9.17, 15) is 19.5 Å². The number of thioether (sulfide) groups is 1. The summed E-state index contributed by atoms with van der Waals surface area (Å²) in [7, 11) is 0. The smallest absolute Gasteiger partial charge is 0.243 e. The van der Waals surface area contributed by atoms with E-state index in [0.717, 1.165) is 56.5 Å². The van der Waals surface area contributed by atoms with Crippen LogP contribution in [0.25, 0.3) is 0 Å². The molecule has 5 N–H and O–H groups in total. The summed E-state index contributed by atoms with van der Waals surface area (Å²) in [4.78, 5) is 43.7. The maximum absolute atomic E-state index is 13.9. The summed E-state index contributed by atoms with van der Waals surface area (Å²) in [5.41, 5.74) is -0.350. The average Bonchev–Trinajstić information content (AvgIpc) is 3.56. The highest BCUT2D eigenvalue weighted by atomic mass is 32.2. The van der Waals surface area contributed by atoms with Gasteiger partial charge in [0.1, 0.15) is 6.04 Å². The first-order valence-electron chi connectivity index (χ1n) is 17.2. The standard InChI is InChI=1S/C35H57N5O4S/c1-6-23(2)31(38-32(42)27-17-12-18-36-27)34(44)37-28(22-45-26-15-8-7-9-16-26)30(41)21-40-20-25-14-11-10-13-24(25)19-29(40)33(43)39-35(3,4)5/h7-9,15-16,23-25,27-31,36,41H,6,10-14,17-22H2,1-5H3,(H,37,44)(H,38,42)(H,39,43)/t23?,24-,25+,27?,28-,29-,30+,31-/m0/s1. The molecule has 1 saturated carbocycles. The normalized spacial score (nSPS) is 26.6. The lowest BCUT2D eigenvalue weighted by Crippen LogP contribution is -2.61. The fourth-order valence-electron chi connectivity index (χ4n) is 7.08. The second-order valence-electron chi connectivity index (χ2n) is 14.6. The zero-order chi connectivity index (χ0) is 32.6. The monoisotopic (exact) mass is 643 g/mol. The first kappa shape index (κ1) is 35.7. The molecular formula is C35H57N5O4S. The fraction of sp³-hybridized carbons (Fsp3) is 0.743. The number of nitrogens with zero attached hydrogens (tertiary/aromatic N) is 1. The van der Waals surface area contributed by atoms with Gasteiger partial charge < -0.3 is 26.4 Å². The maximum Gasteiger partial charge on any atom is 0.243 e. The summed E-state index contributed by atoms with van der Waals surface area (Å²) in [6.07, 6.45) is 7.06. The third-order valence-electron chi connectivity index (χ3n) is 9.86. The molecule has 2 unspecified atom stereocenters. The summed E-state index contributed by atoms with van der Waals surface area (Å²) < 4.78 is 0. The van der Waals surface area contributed by atoms with Gasteiger partial charge >= 0.3 is 0 Å². The Morgan fingerprint density at radius 2 is 1.73 bits per heavy atom. The number of fused-ring (bicyclic) bond motifs is 1. The van der Waals surface area contributed by atoms with Gasteiger partial charge in [-0.05, 0) is 82.9 Å². The summed E-state index contributed by atoms with van der Waals surface area (Å²) >= 11 is 1.58. The first-order chi connectivity index (χ1) is 21.4. The van der Waals surface area contributed by atoms with Gasteiger partial charge in [-0.1, -0.05) is 57.7 Å². The third kappa shape index (κ3) is 10.4. The van der Waals surface area contributed by atoms with Crippen LogP contribution in [0.3, 0.4) is 0 Å². The van der Waals surface area contributed by atoms with Gasteiger partial charge in [0.05, 0.1) is 24.2 Å². The van der Waals surface area contributed by atoms with Crippen LogP contribution in [-0.2, 0) is 14.4 Å². The van der Waals surface area contributed by atoms with Crippen molar-refractivity contribution in [1.29, 1.82) is 0 Å². The van der Waals surface area contributed by atoms with E-state index in [1.165, 1.54) is 12.8 Å². The number of benzene rings is 1. The summed E-state index contributed by atoms with van der Waals surface area (Å²) in [6, 6.07) is 8.08. The molecule has 1 aromatic rings. The third-order valence-corrected chi connectivity index (χ3v) is 11.0. The van der Waals surface area contributed by atoms with E-state index in [1.807, 2.05) is 65.0 Å². The number of carbonyl (C=O) groups is 3. The van der Waals surface area contributed by atoms with Gasteiger partial charge in [0.15, 0.2) is 0 Å². The fourth-order valence-corrected chi connectivity index (χ4v) is 8.11. The van der Waals surface area contributed by atoms with E-state index in [-0.39, 0.29) is 47.8 Å². The number of aliphatic hydroxyl groups is 1. The highest BCUT2D eigenvalue weighted by Crippen LogP contribution is 2.39. The van der Waals surface area contributed by atoms with Gasteiger partial charge in [-0.15, -0.1) is 11.8 Å². The van der Waals surface area contributed by atoms with Gasteiger partial charge in [0, 0.05) is 29.3 Å². The van der Waals surface area contributed by atoms with Crippen LogP contribution in [0, 0.1) is 17.8 Å². The number of rotatable bonds is 13. The molecule has 0 spiro atoms. The molecule has 3 fully saturated rings. The van der Waals surface area contributed by atoms with Crippen molar-refractivity contribution in [1.82, 2.24) is 26.2 Å². The summed E-state index contributed by atoms with van der Waals surface area (Å²) in [6.45, 7) is 11.8. The Kier molecular flexibility index (Phi) is 13.2. The number of aliphatic hydroxyl groups excluding tert-OH is 1. The van der Waals surface area contributed by atoms with Crippen LogP contribution in [0.15, 0.2) is 35.2 Å². The number of nitrogens with one attached hydrogen (secondary N) is 4. The van der Waals surface area contributed by atoms with E-state index < -0.39 is 18.2 Å². The maximum atomic E-state index is 13.9. The van der Waals surface area contributed by atoms with Gasteiger partial charge in [-0.3, -0.25) is 19.3 Å². The van der Waals surface area contributed by atoms with Gasteiger partial charge in [0.25, 0.3) is 0 Å². The molecule has 252 valence electrons. The SMILES string of the molecule is CCC(C)[C@H](NC(=O)C1CCCN1)C(=O)N[C@@H](CSc1ccccc1)[C@H](O)CN1C[C@H]2CCCC[C@H]2C[C@H]1C(=O)NC(C)(C)C. The molecule has 8 atom stereocenters. The quantitative estimate of drug-likeness (QED) is 0.208. The number of hydrogen-bond donors (Lipinski definition) is 5. The highest BCUT2D eigenvalue weighted by molar-refractivity contribution is 7.99. The lowest BCUT2D eigenvalue weighted by molar-refractivity contribution is -0.133. The Hall–Kier alpha value is -2.14. The van der Waals surface area contributed by atoms with Crippen LogP contribution >= 0.6 is 11.8 Å². The molecule has 45 heavy (non-hydrogen) atoms. The average molecular weight is 644 g/mol. The minimum absolute atomic E-state index is 0.0121.